The highest BCUT2D eigenvalue weighted by molar-refractivity contribution is 7.52. The highest BCUT2D eigenvalue weighted by Gasteiger charge is 2.37. The van der Waals surface area contributed by atoms with Crippen LogP contribution in [-0.4, -0.2) is 155 Å². The summed E-state index contributed by atoms with van der Waals surface area (Å²) in [6.45, 7) is 10.3. The van der Waals surface area contributed by atoms with Crippen molar-refractivity contribution in [1.82, 2.24) is 68.7 Å². The fourth-order valence-electron chi connectivity index (χ4n) is 10.5. The van der Waals surface area contributed by atoms with Gasteiger partial charge in [-0.25, -0.2) is 24.1 Å². The molecule has 2 unspecified atom stereocenters. The molecule has 33 nitrogen and oxygen atoms in total. The van der Waals surface area contributed by atoms with Crippen molar-refractivity contribution in [1.29, 1.82) is 0 Å². The van der Waals surface area contributed by atoms with E-state index in [9.17, 15) is 23.8 Å². The number of nitrogens with one attached hydrogen (secondary N) is 2. The Morgan fingerprint density at radius 1 is 0.485 bits per heavy atom. The molecular weight excluding hydrogens is 1300 g/mol. The molecule has 520 valence electrons. The van der Waals surface area contributed by atoms with Gasteiger partial charge in [0.15, 0.2) is 33.5 Å². The number of nitrogens with zero attached hydrogens (tertiary/aromatic N) is 12. The fraction of sp³-hybridized carbons (Fsp3) is 0.435. The first-order valence-electron chi connectivity index (χ1n) is 30.8. The number of aromatic nitrogens is 12. The van der Waals surface area contributed by atoms with Crippen LogP contribution in [0.15, 0.2) is 104 Å². The third kappa shape index (κ3) is 18.1. The molecule has 0 fully saturated rings. The topological polar surface area (TPSA) is 423 Å². The number of anilines is 3. The second-order valence-electron chi connectivity index (χ2n) is 23.1. The summed E-state index contributed by atoms with van der Waals surface area (Å²) in [5.41, 5.74) is 20.7. The lowest BCUT2D eigenvalue weighted by Gasteiger charge is -2.24. The van der Waals surface area contributed by atoms with Crippen LogP contribution in [0.4, 0.5) is 17.8 Å². The molecule has 0 spiro atoms. The average Bonchev–Trinajstić information content (AvgIpc) is 1.67. The lowest BCUT2D eigenvalue weighted by Crippen LogP contribution is -2.36. The Morgan fingerprint density at radius 3 is 1.08 bits per heavy atom. The van der Waals surface area contributed by atoms with Crippen molar-refractivity contribution in [2.45, 2.75) is 103 Å². The lowest BCUT2D eigenvalue weighted by atomic mass is 10.1. The van der Waals surface area contributed by atoms with Crippen molar-refractivity contribution in [3.63, 3.8) is 0 Å². The molecule has 0 radical (unpaired) electrons. The molecule has 97 heavy (non-hydrogen) atoms. The number of imidazole rings is 3. The molecule has 6 heterocycles. The number of aliphatic hydroxyl groups excluding tert-OH is 1. The number of nitrogen functional groups attached to an aromatic ring is 3. The van der Waals surface area contributed by atoms with Crippen molar-refractivity contribution >= 4 is 78.8 Å². The van der Waals surface area contributed by atoms with Gasteiger partial charge in [0.1, 0.15) is 35.1 Å². The number of aliphatic hydroxyl groups is 1. The summed E-state index contributed by atoms with van der Waals surface area (Å²) in [5, 5.41) is 14.6. The summed E-state index contributed by atoms with van der Waals surface area (Å²) in [6, 6.07) is 11.1. The number of methoxy groups -OCH3 is 5. The number of carbonyl (C=O) groups excluding carboxylic acids is 2. The molecular formula is C62H81N17O16P2. The smallest absolute Gasteiger partial charge is 0.459 e. The van der Waals surface area contributed by atoms with Crippen LogP contribution in [0.3, 0.4) is 0 Å². The van der Waals surface area contributed by atoms with E-state index in [0.717, 1.165) is 6.42 Å². The molecule has 10 atom stereocenters. The molecule has 3 aliphatic carbocycles. The van der Waals surface area contributed by atoms with E-state index in [4.69, 9.17) is 68.5 Å². The molecule has 0 bridgehead atoms. The number of nitrogens with two attached hydrogens (primary N) is 3. The predicted molar refractivity (Wildman–Crippen MR) is 357 cm³/mol. The summed E-state index contributed by atoms with van der Waals surface area (Å²) in [4.78, 5) is 62.8. The van der Waals surface area contributed by atoms with E-state index >= 15 is 0 Å². The van der Waals surface area contributed by atoms with E-state index < -0.39 is 39.5 Å². The first-order chi connectivity index (χ1) is 46.4. The average molecular weight is 1380 g/mol. The Hall–Kier alpha value is -9.49. The largest absolute Gasteiger partial charge is 0.497 e. The van der Waals surface area contributed by atoms with Crippen LogP contribution in [0.25, 0.3) is 33.5 Å². The summed E-state index contributed by atoms with van der Waals surface area (Å²) in [5.74, 6) is 1.90. The van der Waals surface area contributed by atoms with Gasteiger partial charge in [-0.15, -0.1) is 0 Å². The molecule has 2 aromatic carbocycles. The van der Waals surface area contributed by atoms with Gasteiger partial charge < -0.3 is 78.2 Å². The summed E-state index contributed by atoms with van der Waals surface area (Å²) in [7, 11) is -0.415. The minimum atomic E-state index is -4.01. The number of esters is 2. The van der Waals surface area contributed by atoms with Crippen LogP contribution in [0.1, 0.15) is 78.9 Å². The highest BCUT2D eigenvalue weighted by atomic mass is 31.2. The molecule has 0 saturated carbocycles. The van der Waals surface area contributed by atoms with E-state index in [1.165, 1.54) is 35.2 Å². The van der Waals surface area contributed by atoms with E-state index in [1.54, 1.807) is 109 Å². The Balaban J connectivity index is 0.000000180. The predicted octanol–water partition coefficient (Wildman–Crippen LogP) is 7.88. The number of allylic oxidation sites excluding steroid dienone is 3. The zero-order valence-electron chi connectivity index (χ0n) is 55.4. The number of carbonyl (C=O) groups is 2. The van der Waals surface area contributed by atoms with E-state index in [0.29, 0.717) is 75.5 Å². The maximum atomic E-state index is 13.8. The molecule has 8 aromatic rings. The summed E-state index contributed by atoms with van der Waals surface area (Å²) >= 11 is 0. The van der Waals surface area contributed by atoms with Crippen molar-refractivity contribution in [3.8, 4) is 40.6 Å². The minimum Gasteiger partial charge on any atom is -0.497 e. The second-order valence-corrected chi connectivity index (χ2v) is 26.5. The standard InChI is InChI=1S/2C25H33N6O7P.C12H15N5O2/c2*1-15(2)37-24(32)16(3)30-39(33,38-20-10-8-19(34-4)9-11-20)36-13-17-6-7-18(12-17)31-14-27-21-22(31)28-25(26)29-23(21)35-5;1-19-11-9-10(15-12(13)16-11)17(6-14-9)8-3-2-7(4-8)5-18/h2*6-11,14-18H,12-13H2,1-5H3,(H,30,33)(H2,26,28,29);2-3,6-8,18H,4-5H2,1H3,(H2,13,15,16)/t2*16-,17+,18-,39?;7-,8+/m001/s1. The van der Waals surface area contributed by atoms with Gasteiger partial charge in [0.25, 0.3) is 0 Å². The molecule has 0 saturated heterocycles. The second kappa shape index (κ2) is 32.0. The number of hydrogen-bond donors (Lipinski definition) is 6. The minimum absolute atomic E-state index is 0.0620. The Bertz CT molecular complexity index is 4000. The van der Waals surface area contributed by atoms with E-state index in [2.05, 4.69) is 55.0 Å². The van der Waals surface area contributed by atoms with Crippen LogP contribution in [0.2, 0.25) is 0 Å². The van der Waals surface area contributed by atoms with Crippen molar-refractivity contribution in [2.75, 3.05) is 72.6 Å². The highest BCUT2D eigenvalue weighted by Crippen LogP contribution is 2.48. The maximum absolute atomic E-state index is 13.8. The third-order valence-electron chi connectivity index (χ3n) is 15.2. The summed E-state index contributed by atoms with van der Waals surface area (Å²) < 4.78 is 93.0. The molecule has 3 aliphatic rings. The Morgan fingerprint density at radius 2 is 0.794 bits per heavy atom. The molecule has 0 aliphatic heterocycles. The van der Waals surface area contributed by atoms with Gasteiger partial charge in [-0.3, -0.25) is 18.6 Å². The zero-order valence-corrected chi connectivity index (χ0v) is 57.2. The number of rotatable bonds is 27. The lowest BCUT2D eigenvalue weighted by molar-refractivity contribution is -0.150. The van der Waals surface area contributed by atoms with Gasteiger partial charge in [-0.1, -0.05) is 36.5 Å². The normalized spacial score (nSPS) is 19.7. The van der Waals surface area contributed by atoms with Crippen LogP contribution in [-0.2, 0) is 37.2 Å². The van der Waals surface area contributed by atoms with Crippen molar-refractivity contribution < 1.29 is 75.1 Å². The molecule has 6 aromatic heterocycles. The zero-order chi connectivity index (χ0) is 69.7. The molecule has 9 N–H and O–H groups in total. The first kappa shape index (κ1) is 71.8. The van der Waals surface area contributed by atoms with Crippen LogP contribution in [0, 0.1) is 17.8 Å². The van der Waals surface area contributed by atoms with E-state index in [1.807, 2.05) is 50.2 Å². The Labute approximate surface area is 558 Å². The quantitative estimate of drug-likeness (QED) is 0.0162. The number of benzene rings is 2. The van der Waals surface area contributed by atoms with Gasteiger partial charge in [-0.2, -0.15) is 40.1 Å². The first-order valence-corrected chi connectivity index (χ1v) is 33.9. The summed E-state index contributed by atoms with van der Waals surface area (Å²) in [6.07, 6.45) is 18.4. The van der Waals surface area contributed by atoms with Gasteiger partial charge in [0.2, 0.25) is 35.5 Å². The van der Waals surface area contributed by atoms with Gasteiger partial charge in [0.05, 0.1) is 98.1 Å². The maximum Gasteiger partial charge on any atom is 0.459 e. The van der Waals surface area contributed by atoms with Gasteiger partial charge in [-0.05, 0) is 109 Å². The molecule has 35 heteroatoms. The molecule has 11 rings (SSSR count). The number of hydrogen-bond acceptors (Lipinski definition) is 28. The third-order valence-corrected chi connectivity index (χ3v) is 18.4. The number of fused-ring (bicyclic) bond motifs is 3. The van der Waals surface area contributed by atoms with Gasteiger partial charge >= 0.3 is 27.4 Å². The Kier molecular flexibility index (Phi) is 23.7. The van der Waals surface area contributed by atoms with Crippen LogP contribution < -0.4 is 60.1 Å². The monoisotopic (exact) mass is 1380 g/mol. The number of ether oxygens (including phenoxy) is 7. The van der Waals surface area contributed by atoms with Crippen LogP contribution in [0.5, 0.6) is 40.6 Å². The van der Waals surface area contributed by atoms with Crippen molar-refractivity contribution in [2.24, 2.45) is 17.8 Å². The van der Waals surface area contributed by atoms with Crippen molar-refractivity contribution in [3.05, 3.63) is 104 Å². The van der Waals surface area contributed by atoms with Gasteiger partial charge in [0, 0.05) is 24.4 Å². The SMILES string of the molecule is COc1ccc(OP(=O)(N[C@@H](C)C(=O)OC(C)C)OC[C@@H]2C=C[C@H](n3cnc4c(OC)nc(N)nc43)C2)cc1.COc1ccc(OP(=O)(N[C@@H](C)C(=O)OC(C)C)OC[C@@H]2C=C[C@H](n3cnc4c(OC)nc(N)nc43)C2)cc1.COc1nc(N)nc2c1ncn2[C@H]1C=C[C@@H](CO)C1. The fourth-order valence-corrected chi connectivity index (χ4v) is 13.6. The molecule has 0 amide bonds. The van der Waals surface area contributed by atoms with E-state index in [-0.39, 0.29) is 97.3 Å². The van der Waals surface area contributed by atoms with Crippen LogP contribution >= 0.6 is 15.5 Å².